The van der Waals surface area contributed by atoms with Crippen LogP contribution in [0.25, 0.3) is 0 Å². The smallest absolute Gasteiger partial charge is 0.374 e. The topological polar surface area (TPSA) is 93.1 Å². The van der Waals surface area contributed by atoms with Crippen molar-refractivity contribution in [3.8, 4) is 0 Å². The van der Waals surface area contributed by atoms with Crippen LogP contribution in [0.2, 0.25) is 0 Å². The Morgan fingerprint density at radius 1 is 0.704 bits per heavy atom. The molecular formula is C20H41O6P. The average Bonchev–Trinajstić information content (AvgIpc) is 2.62. The fourth-order valence-corrected chi connectivity index (χ4v) is 3.27. The van der Waals surface area contributed by atoms with E-state index in [9.17, 15) is 9.36 Å². The number of rotatable bonds is 21. The van der Waals surface area contributed by atoms with Crippen LogP contribution in [0.1, 0.15) is 103 Å². The van der Waals surface area contributed by atoms with Crippen molar-refractivity contribution in [3.63, 3.8) is 0 Å². The fraction of sp³-hybridized carbons (Fsp3) is 0.950. The van der Waals surface area contributed by atoms with Gasteiger partial charge in [0.05, 0.1) is 0 Å². The zero-order chi connectivity index (χ0) is 20.2. The normalized spacial score (nSPS) is 11.8. The predicted molar refractivity (Wildman–Crippen MR) is 109 cm³/mol. The maximum atomic E-state index is 11.3. The van der Waals surface area contributed by atoms with Crippen molar-refractivity contribution in [1.82, 2.24) is 0 Å². The minimum atomic E-state index is -4.57. The van der Waals surface area contributed by atoms with Gasteiger partial charge in [-0.1, -0.05) is 96.8 Å². The Balaban J connectivity index is 3.15. The summed E-state index contributed by atoms with van der Waals surface area (Å²) in [6.45, 7) is 2.00. The van der Waals surface area contributed by atoms with E-state index in [4.69, 9.17) is 14.5 Å². The van der Waals surface area contributed by atoms with Crippen LogP contribution in [0.5, 0.6) is 0 Å². The Bertz CT molecular complexity index is 383. The average molecular weight is 409 g/mol. The van der Waals surface area contributed by atoms with Crippen molar-refractivity contribution in [3.05, 3.63) is 0 Å². The molecule has 0 aliphatic heterocycles. The lowest BCUT2D eigenvalue weighted by molar-refractivity contribution is -0.126. The minimum absolute atomic E-state index is 0.154. The molecule has 0 aromatic carbocycles. The number of phosphoric acid groups is 1. The number of hydrogen-bond acceptors (Lipinski definition) is 4. The van der Waals surface area contributed by atoms with Crippen LogP contribution >= 0.6 is 7.82 Å². The molecule has 0 amide bonds. The summed E-state index contributed by atoms with van der Waals surface area (Å²) in [5.41, 5.74) is 0. The lowest BCUT2D eigenvalue weighted by Crippen LogP contribution is -2.15. The van der Waals surface area contributed by atoms with E-state index in [-0.39, 0.29) is 6.61 Å². The van der Waals surface area contributed by atoms with E-state index in [2.05, 4.69) is 11.4 Å². The predicted octanol–water partition coefficient (Wildman–Crippen LogP) is 5.55. The van der Waals surface area contributed by atoms with Gasteiger partial charge >= 0.3 is 7.82 Å². The lowest BCUT2D eigenvalue weighted by Gasteiger charge is -2.06. The standard InChI is InChI=1S/C20H41O6P/c1-2-3-4-5-6-7-8-9-10-11-12-13-14-15-16-17-25-18-20(21)19-26-27(22,23)24/h2-19H2,1H3,(H2,22,23,24). The van der Waals surface area contributed by atoms with Crippen LogP contribution in [0.4, 0.5) is 0 Å². The molecule has 27 heavy (non-hydrogen) atoms. The number of unbranched alkanes of at least 4 members (excludes halogenated alkanes) is 14. The number of Topliss-reactive ketones (excluding diaryl/α,β-unsaturated/α-hetero) is 1. The van der Waals surface area contributed by atoms with Gasteiger partial charge in [0.1, 0.15) is 13.2 Å². The highest BCUT2D eigenvalue weighted by Gasteiger charge is 2.16. The second-order valence-electron chi connectivity index (χ2n) is 7.31. The van der Waals surface area contributed by atoms with Crippen LogP contribution in [-0.4, -0.2) is 35.4 Å². The second-order valence-corrected chi connectivity index (χ2v) is 8.54. The third-order valence-corrected chi connectivity index (χ3v) is 5.01. The van der Waals surface area contributed by atoms with Gasteiger partial charge in [-0.15, -0.1) is 0 Å². The van der Waals surface area contributed by atoms with Gasteiger partial charge in [-0.25, -0.2) is 4.57 Å². The number of phosphoric ester groups is 1. The van der Waals surface area contributed by atoms with Crippen LogP contribution in [-0.2, 0) is 18.6 Å². The highest BCUT2D eigenvalue weighted by Crippen LogP contribution is 2.35. The largest absolute Gasteiger partial charge is 0.470 e. The first kappa shape index (κ1) is 26.7. The molecule has 0 radical (unpaired) electrons. The van der Waals surface area contributed by atoms with Crippen LogP contribution < -0.4 is 0 Å². The van der Waals surface area contributed by atoms with Gasteiger partial charge in [-0.05, 0) is 6.42 Å². The van der Waals surface area contributed by atoms with Gasteiger partial charge in [0.25, 0.3) is 0 Å². The molecule has 0 saturated heterocycles. The molecule has 0 heterocycles. The first-order chi connectivity index (χ1) is 13.0. The highest BCUT2D eigenvalue weighted by molar-refractivity contribution is 7.46. The third-order valence-electron chi connectivity index (χ3n) is 4.55. The first-order valence-corrected chi connectivity index (χ1v) is 12.3. The monoisotopic (exact) mass is 408 g/mol. The Morgan fingerprint density at radius 2 is 1.11 bits per heavy atom. The van der Waals surface area contributed by atoms with E-state index in [0.717, 1.165) is 12.8 Å². The molecule has 0 aromatic heterocycles. The van der Waals surface area contributed by atoms with E-state index >= 15 is 0 Å². The number of ether oxygens (including phenoxy) is 1. The van der Waals surface area contributed by atoms with E-state index in [1.54, 1.807) is 0 Å². The SMILES string of the molecule is CCCCCCCCCCCCCCCCCOCC(=O)COP(=O)(O)O. The first-order valence-electron chi connectivity index (χ1n) is 10.7. The summed E-state index contributed by atoms with van der Waals surface area (Å²) in [6.07, 6.45) is 19.5. The van der Waals surface area contributed by atoms with Gasteiger partial charge in [0, 0.05) is 6.61 Å². The molecule has 0 aliphatic carbocycles. The Morgan fingerprint density at radius 3 is 1.52 bits per heavy atom. The van der Waals surface area contributed by atoms with E-state index in [1.165, 1.54) is 83.5 Å². The van der Waals surface area contributed by atoms with Crippen molar-refractivity contribution in [1.29, 1.82) is 0 Å². The second kappa shape index (κ2) is 19.1. The quantitative estimate of drug-likeness (QED) is 0.191. The molecule has 0 bridgehead atoms. The number of carbonyl (C=O) groups excluding carboxylic acids is 1. The molecule has 0 aromatic rings. The van der Waals surface area contributed by atoms with Gasteiger partial charge in [-0.3, -0.25) is 9.32 Å². The molecule has 6 nitrogen and oxygen atoms in total. The Hall–Kier alpha value is -0.260. The van der Waals surface area contributed by atoms with E-state index < -0.39 is 20.2 Å². The van der Waals surface area contributed by atoms with Gasteiger partial charge in [-0.2, -0.15) is 0 Å². The van der Waals surface area contributed by atoms with Crippen LogP contribution in [0.15, 0.2) is 0 Å². The maximum Gasteiger partial charge on any atom is 0.470 e. The minimum Gasteiger partial charge on any atom is -0.374 e. The number of hydrogen-bond donors (Lipinski definition) is 2. The molecule has 162 valence electrons. The van der Waals surface area contributed by atoms with Crippen LogP contribution in [0.3, 0.4) is 0 Å². The maximum absolute atomic E-state index is 11.3. The summed E-state index contributed by atoms with van der Waals surface area (Å²) >= 11 is 0. The number of carbonyl (C=O) groups is 1. The fourth-order valence-electron chi connectivity index (χ4n) is 2.96. The van der Waals surface area contributed by atoms with Gasteiger partial charge in [0.2, 0.25) is 0 Å². The van der Waals surface area contributed by atoms with Crippen molar-refractivity contribution in [2.45, 2.75) is 103 Å². The molecular weight excluding hydrogens is 367 g/mol. The molecule has 0 spiro atoms. The third kappa shape index (κ3) is 23.7. The molecule has 0 aliphatic rings. The van der Waals surface area contributed by atoms with Gasteiger partial charge in [0.15, 0.2) is 5.78 Å². The number of ketones is 1. The summed E-state index contributed by atoms with van der Waals surface area (Å²) in [7, 11) is -4.57. The zero-order valence-corrected chi connectivity index (χ0v) is 18.1. The highest BCUT2D eigenvalue weighted by atomic mass is 31.2. The van der Waals surface area contributed by atoms with Gasteiger partial charge < -0.3 is 14.5 Å². The van der Waals surface area contributed by atoms with Crippen LogP contribution in [0, 0.1) is 0 Å². The lowest BCUT2D eigenvalue weighted by atomic mass is 10.0. The molecule has 7 heteroatoms. The molecule has 0 atom stereocenters. The molecule has 0 rings (SSSR count). The van der Waals surface area contributed by atoms with Crippen molar-refractivity contribution in [2.75, 3.05) is 19.8 Å². The Kier molecular flexibility index (Phi) is 18.9. The summed E-state index contributed by atoms with van der Waals surface area (Å²) in [6, 6.07) is 0. The zero-order valence-electron chi connectivity index (χ0n) is 17.2. The molecule has 0 fully saturated rings. The van der Waals surface area contributed by atoms with Crippen molar-refractivity contribution >= 4 is 13.6 Å². The van der Waals surface area contributed by atoms with E-state index in [0.29, 0.717) is 6.61 Å². The molecule has 2 N–H and O–H groups in total. The summed E-state index contributed by atoms with van der Waals surface area (Å²) in [4.78, 5) is 28.2. The Labute approximate surface area is 165 Å². The molecule has 0 saturated carbocycles. The molecule has 0 unspecified atom stereocenters. The van der Waals surface area contributed by atoms with E-state index in [1.807, 2.05) is 0 Å². The summed E-state index contributed by atoms with van der Waals surface area (Å²) in [5.74, 6) is -0.459. The van der Waals surface area contributed by atoms with Crippen molar-refractivity contribution < 1.29 is 28.4 Å². The summed E-state index contributed by atoms with van der Waals surface area (Å²) < 4.78 is 19.8. The van der Waals surface area contributed by atoms with Crippen molar-refractivity contribution in [2.24, 2.45) is 0 Å². The summed E-state index contributed by atoms with van der Waals surface area (Å²) in [5, 5.41) is 0.